The number of rotatable bonds is 4. The summed E-state index contributed by atoms with van der Waals surface area (Å²) in [7, 11) is 3.26. The molecule has 1 N–H and O–H groups in total. The molecule has 0 bridgehead atoms. The number of hydrogen-bond donors (Lipinski definition) is 1. The maximum absolute atomic E-state index is 13.7. The van der Waals surface area contributed by atoms with E-state index in [9.17, 15) is 4.39 Å². The third-order valence-electron chi connectivity index (χ3n) is 2.84. The van der Waals surface area contributed by atoms with E-state index in [0.29, 0.717) is 0 Å². The summed E-state index contributed by atoms with van der Waals surface area (Å²) >= 11 is 0. The smallest absolute Gasteiger partial charge is 0.165 e. The minimum Gasteiger partial charge on any atom is -0.494 e. The van der Waals surface area contributed by atoms with Gasteiger partial charge in [-0.1, -0.05) is 6.07 Å². The first-order chi connectivity index (χ1) is 8.65. The van der Waals surface area contributed by atoms with E-state index >= 15 is 0 Å². The average Bonchev–Trinajstić information content (AvgIpc) is 2.77. The Morgan fingerprint density at radius 3 is 2.56 bits per heavy atom. The van der Waals surface area contributed by atoms with Crippen LogP contribution in [0.15, 0.2) is 34.7 Å². The maximum atomic E-state index is 13.7. The van der Waals surface area contributed by atoms with Gasteiger partial charge in [-0.3, -0.25) is 0 Å². The number of aryl methyl sites for hydroxylation is 1. The highest BCUT2D eigenvalue weighted by molar-refractivity contribution is 5.34. The summed E-state index contributed by atoms with van der Waals surface area (Å²) in [6, 6.07) is 8.50. The summed E-state index contributed by atoms with van der Waals surface area (Å²) in [6.45, 7) is 1.88. The van der Waals surface area contributed by atoms with E-state index in [1.54, 1.807) is 6.07 Å². The van der Waals surface area contributed by atoms with Crippen LogP contribution in [-0.4, -0.2) is 14.2 Å². The summed E-state index contributed by atoms with van der Waals surface area (Å²) in [5, 5.41) is 3.11. The number of hydrogen-bond acceptors (Lipinski definition) is 3. The predicted octanol–water partition coefficient (Wildman–Crippen LogP) is 3.04. The van der Waals surface area contributed by atoms with Crippen LogP contribution in [0, 0.1) is 12.7 Å². The van der Waals surface area contributed by atoms with Crippen molar-refractivity contribution in [3.8, 4) is 5.75 Å². The van der Waals surface area contributed by atoms with Crippen LogP contribution in [0.2, 0.25) is 0 Å². The zero-order chi connectivity index (χ0) is 13.1. The van der Waals surface area contributed by atoms with Crippen LogP contribution in [0.25, 0.3) is 0 Å². The third-order valence-corrected chi connectivity index (χ3v) is 2.84. The van der Waals surface area contributed by atoms with E-state index in [4.69, 9.17) is 9.15 Å². The lowest BCUT2D eigenvalue weighted by atomic mass is 10.0. The molecule has 0 radical (unpaired) electrons. The summed E-state index contributed by atoms with van der Waals surface area (Å²) < 4.78 is 24.2. The van der Waals surface area contributed by atoms with Crippen LogP contribution < -0.4 is 10.1 Å². The maximum Gasteiger partial charge on any atom is 0.165 e. The molecule has 0 aliphatic carbocycles. The van der Waals surface area contributed by atoms with Gasteiger partial charge in [0, 0.05) is 0 Å². The van der Waals surface area contributed by atoms with E-state index in [2.05, 4.69) is 5.32 Å². The Hall–Kier alpha value is -1.81. The standard InChI is InChI=1S/C14H16FNO2/c1-9-4-6-13(18-9)14(16-2)10-5-7-12(17-3)11(15)8-10/h4-8,14,16H,1-3H3. The zero-order valence-corrected chi connectivity index (χ0v) is 10.7. The second kappa shape index (κ2) is 5.23. The van der Waals surface area contributed by atoms with Gasteiger partial charge in [-0.2, -0.15) is 0 Å². The van der Waals surface area contributed by atoms with Crippen molar-refractivity contribution in [2.24, 2.45) is 0 Å². The van der Waals surface area contributed by atoms with Gasteiger partial charge in [-0.15, -0.1) is 0 Å². The Labute approximate surface area is 106 Å². The van der Waals surface area contributed by atoms with Gasteiger partial charge in [-0.05, 0) is 43.8 Å². The number of ether oxygens (including phenoxy) is 1. The molecule has 1 heterocycles. The molecule has 0 aliphatic rings. The van der Waals surface area contributed by atoms with Crippen molar-refractivity contribution in [3.63, 3.8) is 0 Å². The van der Waals surface area contributed by atoms with Crippen molar-refractivity contribution in [2.75, 3.05) is 14.2 Å². The molecule has 1 atom stereocenters. The number of methoxy groups -OCH3 is 1. The van der Waals surface area contributed by atoms with Crippen molar-refractivity contribution in [1.82, 2.24) is 5.32 Å². The van der Waals surface area contributed by atoms with Crippen molar-refractivity contribution in [1.29, 1.82) is 0 Å². The van der Waals surface area contributed by atoms with E-state index in [1.165, 1.54) is 13.2 Å². The molecule has 1 aromatic heterocycles. The van der Waals surface area contributed by atoms with E-state index in [0.717, 1.165) is 17.1 Å². The van der Waals surface area contributed by atoms with Gasteiger partial charge in [0.1, 0.15) is 11.5 Å². The van der Waals surface area contributed by atoms with Gasteiger partial charge < -0.3 is 14.5 Å². The molecule has 0 amide bonds. The largest absolute Gasteiger partial charge is 0.494 e. The zero-order valence-electron chi connectivity index (χ0n) is 10.7. The molecule has 0 saturated heterocycles. The van der Waals surface area contributed by atoms with Gasteiger partial charge >= 0.3 is 0 Å². The van der Waals surface area contributed by atoms with Crippen molar-refractivity contribution in [3.05, 3.63) is 53.2 Å². The summed E-state index contributed by atoms with van der Waals surface area (Å²) in [4.78, 5) is 0. The number of halogens is 1. The molecule has 0 fully saturated rings. The quantitative estimate of drug-likeness (QED) is 0.904. The van der Waals surface area contributed by atoms with Crippen LogP contribution >= 0.6 is 0 Å². The molecule has 0 spiro atoms. The van der Waals surface area contributed by atoms with Gasteiger partial charge in [-0.25, -0.2) is 4.39 Å². The SMILES string of the molecule is CNC(c1ccc(OC)c(F)c1)c1ccc(C)o1. The van der Waals surface area contributed by atoms with Crippen LogP contribution in [0.1, 0.15) is 23.1 Å². The summed E-state index contributed by atoms with van der Waals surface area (Å²) in [6.07, 6.45) is 0. The third kappa shape index (κ3) is 2.38. The lowest BCUT2D eigenvalue weighted by Gasteiger charge is -2.15. The predicted molar refractivity (Wildman–Crippen MR) is 67.3 cm³/mol. The lowest BCUT2D eigenvalue weighted by Crippen LogP contribution is -2.17. The fourth-order valence-electron chi connectivity index (χ4n) is 1.94. The van der Waals surface area contributed by atoms with Crippen LogP contribution in [0.4, 0.5) is 4.39 Å². The highest BCUT2D eigenvalue weighted by Gasteiger charge is 2.17. The van der Waals surface area contributed by atoms with E-state index < -0.39 is 0 Å². The van der Waals surface area contributed by atoms with Gasteiger partial charge in [0.15, 0.2) is 11.6 Å². The van der Waals surface area contributed by atoms with Crippen LogP contribution in [0.3, 0.4) is 0 Å². The molecular weight excluding hydrogens is 233 g/mol. The monoisotopic (exact) mass is 249 g/mol. The average molecular weight is 249 g/mol. The molecule has 2 rings (SSSR count). The lowest BCUT2D eigenvalue weighted by molar-refractivity contribution is 0.385. The van der Waals surface area contributed by atoms with Crippen molar-refractivity contribution < 1.29 is 13.5 Å². The molecule has 1 unspecified atom stereocenters. The van der Waals surface area contributed by atoms with Crippen molar-refractivity contribution >= 4 is 0 Å². The van der Waals surface area contributed by atoms with Gasteiger partial charge in [0.2, 0.25) is 0 Å². The fourth-order valence-corrected chi connectivity index (χ4v) is 1.94. The number of benzene rings is 1. The first kappa shape index (κ1) is 12.6. The Bertz CT molecular complexity index is 536. The van der Waals surface area contributed by atoms with Crippen molar-refractivity contribution in [2.45, 2.75) is 13.0 Å². The number of nitrogens with one attached hydrogen (secondary N) is 1. The fraction of sp³-hybridized carbons (Fsp3) is 0.286. The Kier molecular flexibility index (Phi) is 3.67. The highest BCUT2D eigenvalue weighted by Crippen LogP contribution is 2.27. The molecule has 18 heavy (non-hydrogen) atoms. The molecule has 1 aromatic carbocycles. The van der Waals surface area contributed by atoms with Crippen LogP contribution in [0.5, 0.6) is 5.75 Å². The molecule has 0 aliphatic heterocycles. The van der Waals surface area contributed by atoms with Gasteiger partial charge in [0.25, 0.3) is 0 Å². The molecule has 4 heteroatoms. The minimum absolute atomic E-state index is 0.167. The van der Waals surface area contributed by atoms with E-state index in [-0.39, 0.29) is 17.6 Å². The molecule has 0 saturated carbocycles. The first-order valence-corrected chi connectivity index (χ1v) is 5.72. The second-order valence-electron chi connectivity index (χ2n) is 4.06. The van der Waals surface area contributed by atoms with Gasteiger partial charge in [0.05, 0.1) is 13.2 Å². The summed E-state index contributed by atoms with van der Waals surface area (Å²) in [5.74, 6) is 1.46. The highest BCUT2D eigenvalue weighted by atomic mass is 19.1. The molecule has 3 nitrogen and oxygen atoms in total. The Balaban J connectivity index is 2.36. The minimum atomic E-state index is -0.376. The topological polar surface area (TPSA) is 34.4 Å². The first-order valence-electron chi connectivity index (χ1n) is 5.72. The normalized spacial score (nSPS) is 12.4. The molecule has 96 valence electrons. The summed E-state index contributed by atoms with van der Waals surface area (Å²) in [5.41, 5.74) is 0.796. The molecular formula is C14H16FNO2. The Morgan fingerprint density at radius 1 is 1.28 bits per heavy atom. The second-order valence-corrected chi connectivity index (χ2v) is 4.06. The van der Waals surface area contributed by atoms with E-state index in [1.807, 2.05) is 32.2 Å². The molecule has 2 aromatic rings. The van der Waals surface area contributed by atoms with Crippen LogP contribution in [-0.2, 0) is 0 Å². The Morgan fingerprint density at radius 2 is 2.06 bits per heavy atom. The number of furan rings is 1.